The normalized spacial score (nSPS) is 9.29. The van der Waals surface area contributed by atoms with E-state index < -0.39 is 5.97 Å². The minimum Gasteiger partial charge on any atom is -0.478 e. The number of carboxylic acid groups (broad SMARTS) is 1. The van der Waals surface area contributed by atoms with Crippen LogP contribution in [-0.4, -0.2) is 16.2 Å². The zero-order chi connectivity index (χ0) is 12.8. The van der Waals surface area contributed by atoms with Crippen LogP contribution in [-0.2, 0) is 0 Å². The number of nitrogen functional groups attached to an aromatic ring is 1. The Morgan fingerprint density at radius 2 is 2.00 bits per heavy atom. The molecule has 2 rings (SSSR count). The maximum Gasteiger partial charge on any atom is 0.340 e. The largest absolute Gasteiger partial charge is 0.478 e. The van der Waals surface area contributed by atoms with Crippen molar-refractivity contribution in [3.05, 3.63) is 45.4 Å². The summed E-state index contributed by atoms with van der Waals surface area (Å²) in [4.78, 5) is 10.2. The van der Waals surface area contributed by atoms with Gasteiger partial charge >= 0.3 is 5.97 Å². The van der Waals surface area contributed by atoms with E-state index in [0.717, 1.165) is 5.69 Å². The number of rotatable bonds is 1. The van der Waals surface area contributed by atoms with Gasteiger partial charge < -0.3 is 15.4 Å². The van der Waals surface area contributed by atoms with Gasteiger partial charge in [0.1, 0.15) is 11.3 Å². The predicted octanol–water partition coefficient (Wildman–Crippen LogP) is 2.55. The Bertz CT molecular complexity index is 473. The maximum atomic E-state index is 10.2. The predicted molar refractivity (Wildman–Crippen MR) is 71.8 cm³/mol. The third kappa shape index (κ3) is 4.43. The van der Waals surface area contributed by atoms with E-state index in [-0.39, 0.29) is 5.56 Å². The number of carboxylic acids is 1. The van der Waals surface area contributed by atoms with Crippen molar-refractivity contribution in [3.8, 4) is 0 Å². The third-order valence-electron chi connectivity index (χ3n) is 1.85. The number of aryl methyl sites for hydroxylation is 1. The molecule has 1 heterocycles. The summed E-state index contributed by atoms with van der Waals surface area (Å²) in [5.74, 6) is -0.670. The molecule has 0 fully saturated rings. The van der Waals surface area contributed by atoms with E-state index in [2.05, 4.69) is 32.3 Å². The Morgan fingerprint density at radius 1 is 1.41 bits per heavy atom. The van der Waals surface area contributed by atoms with Crippen LogP contribution in [0.4, 0.5) is 5.69 Å². The monoisotopic (exact) mass is 346 g/mol. The van der Waals surface area contributed by atoms with Crippen molar-refractivity contribution < 1.29 is 14.4 Å². The lowest BCUT2D eigenvalue weighted by Gasteiger charge is -1.89. The van der Waals surface area contributed by atoms with Gasteiger partial charge in [-0.15, -0.1) is 0 Å². The lowest BCUT2D eigenvalue weighted by Crippen LogP contribution is -1.94. The summed E-state index contributed by atoms with van der Waals surface area (Å²) < 4.78 is 5.71. The molecule has 0 aliphatic heterocycles. The summed E-state index contributed by atoms with van der Waals surface area (Å²) in [6.45, 7) is 1.55. The molecule has 0 unspecified atom stereocenters. The number of carbonyl (C=O) groups is 1. The molecule has 1 aromatic heterocycles. The second-order valence-electron chi connectivity index (χ2n) is 3.15. The first-order valence-electron chi connectivity index (χ1n) is 4.66. The number of halogens is 1. The summed E-state index contributed by atoms with van der Waals surface area (Å²) in [6, 6.07) is 7.75. The molecule has 0 bridgehead atoms. The minimum atomic E-state index is -1.01. The van der Waals surface area contributed by atoms with Crippen molar-refractivity contribution in [3.63, 3.8) is 0 Å². The van der Waals surface area contributed by atoms with Gasteiger partial charge in [0, 0.05) is 9.26 Å². The molecule has 0 radical (unpaired) electrons. The summed E-state index contributed by atoms with van der Waals surface area (Å²) in [5.41, 5.74) is 6.37. The molecule has 0 aliphatic rings. The summed E-state index contributed by atoms with van der Waals surface area (Å²) in [7, 11) is 0. The SMILES string of the molecule is Cc1oncc1C(=O)O.Nc1ccc(I)cc1. The molecule has 0 saturated heterocycles. The molecule has 5 nitrogen and oxygen atoms in total. The number of hydrogen-bond donors (Lipinski definition) is 2. The number of nitrogens with two attached hydrogens (primary N) is 1. The van der Waals surface area contributed by atoms with Crippen molar-refractivity contribution in [2.24, 2.45) is 0 Å². The van der Waals surface area contributed by atoms with E-state index in [1.807, 2.05) is 24.3 Å². The number of hydrogen-bond acceptors (Lipinski definition) is 4. The van der Waals surface area contributed by atoms with E-state index in [1.165, 1.54) is 9.77 Å². The lowest BCUT2D eigenvalue weighted by molar-refractivity contribution is 0.0695. The highest BCUT2D eigenvalue weighted by Gasteiger charge is 2.09. The Morgan fingerprint density at radius 3 is 2.29 bits per heavy atom. The van der Waals surface area contributed by atoms with Gasteiger partial charge in [-0.05, 0) is 53.8 Å². The van der Waals surface area contributed by atoms with E-state index >= 15 is 0 Å². The molecule has 0 amide bonds. The second kappa shape index (κ2) is 6.24. The summed E-state index contributed by atoms with van der Waals surface area (Å²) in [6.07, 6.45) is 1.18. The average Bonchev–Trinajstić information content (AvgIpc) is 2.70. The van der Waals surface area contributed by atoms with Crippen molar-refractivity contribution in [1.29, 1.82) is 0 Å². The maximum absolute atomic E-state index is 10.2. The van der Waals surface area contributed by atoms with Gasteiger partial charge in [0.25, 0.3) is 0 Å². The van der Waals surface area contributed by atoms with Crippen LogP contribution in [0.3, 0.4) is 0 Å². The smallest absolute Gasteiger partial charge is 0.340 e. The van der Waals surface area contributed by atoms with Gasteiger partial charge in [0.2, 0.25) is 0 Å². The highest BCUT2D eigenvalue weighted by Crippen LogP contribution is 2.06. The van der Waals surface area contributed by atoms with Crippen LogP contribution in [0.1, 0.15) is 16.1 Å². The highest BCUT2D eigenvalue weighted by molar-refractivity contribution is 14.1. The van der Waals surface area contributed by atoms with Gasteiger partial charge in [-0.25, -0.2) is 4.79 Å². The van der Waals surface area contributed by atoms with E-state index in [0.29, 0.717) is 5.76 Å². The topological polar surface area (TPSA) is 89.3 Å². The first kappa shape index (κ1) is 13.5. The molecule has 0 spiro atoms. The molecule has 0 atom stereocenters. The van der Waals surface area contributed by atoms with Crippen LogP contribution in [0.25, 0.3) is 0 Å². The van der Waals surface area contributed by atoms with Crippen LogP contribution >= 0.6 is 22.6 Å². The third-order valence-corrected chi connectivity index (χ3v) is 2.57. The van der Waals surface area contributed by atoms with E-state index in [4.69, 9.17) is 10.8 Å². The number of aromatic nitrogens is 1. The van der Waals surface area contributed by atoms with E-state index in [1.54, 1.807) is 6.92 Å². The summed E-state index contributed by atoms with van der Waals surface area (Å²) >= 11 is 2.24. The molecule has 0 saturated carbocycles. The fraction of sp³-hybridized carbons (Fsp3) is 0.0909. The second-order valence-corrected chi connectivity index (χ2v) is 4.40. The van der Waals surface area contributed by atoms with E-state index in [9.17, 15) is 4.79 Å². The molecular formula is C11H11IN2O3. The molecule has 1 aromatic carbocycles. The Hall–Kier alpha value is -1.57. The molecule has 6 heteroatoms. The number of benzene rings is 1. The molecule has 3 N–H and O–H groups in total. The van der Waals surface area contributed by atoms with Crippen molar-refractivity contribution in [1.82, 2.24) is 5.16 Å². The van der Waals surface area contributed by atoms with Gasteiger partial charge in [0.05, 0.1) is 6.20 Å². The van der Waals surface area contributed by atoms with Crippen LogP contribution in [0.5, 0.6) is 0 Å². The van der Waals surface area contributed by atoms with Gasteiger partial charge in [-0.2, -0.15) is 0 Å². The molecule has 17 heavy (non-hydrogen) atoms. The molecule has 90 valence electrons. The average molecular weight is 346 g/mol. The number of nitrogens with zero attached hydrogens (tertiary/aromatic N) is 1. The van der Waals surface area contributed by atoms with Gasteiger partial charge in [0.15, 0.2) is 0 Å². The zero-order valence-corrected chi connectivity index (χ0v) is 11.2. The van der Waals surface area contributed by atoms with Gasteiger partial charge in [-0.3, -0.25) is 0 Å². The van der Waals surface area contributed by atoms with Crippen LogP contribution in [0.2, 0.25) is 0 Å². The Kier molecular flexibility index (Phi) is 4.95. The Labute approximate surface area is 112 Å². The fourth-order valence-corrected chi connectivity index (χ4v) is 1.33. The lowest BCUT2D eigenvalue weighted by atomic mass is 10.3. The standard InChI is InChI=1S/C6H6IN.C5H5NO3/c7-5-1-3-6(8)4-2-5;1-3-4(5(7)8)2-6-9-3/h1-4H,8H2;2H,1H3,(H,7,8). The van der Waals surface area contributed by atoms with Crippen LogP contribution in [0.15, 0.2) is 35.0 Å². The van der Waals surface area contributed by atoms with Crippen LogP contribution < -0.4 is 5.73 Å². The highest BCUT2D eigenvalue weighted by atomic mass is 127. The first-order valence-corrected chi connectivity index (χ1v) is 5.74. The molecule has 2 aromatic rings. The fourth-order valence-electron chi connectivity index (χ4n) is 0.967. The van der Waals surface area contributed by atoms with Crippen molar-refractivity contribution >= 4 is 34.2 Å². The van der Waals surface area contributed by atoms with Crippen molar-refractivity contribution in [2.75, 3.05) is 5.73 Å². The van der Waals surface area contributed by atoms with Crippen molar-refractivity contribution in [2.45, 2.75) is 6.92 Å². The first-order chi connectivity index (χ1) is 8.00. The van der Waals surface area contributed by atoms with Gasteiger partial charge in [-0.1, -0.05) is 5.16 Å². The Balaban J connectivity index is 0.000000171. The number of aromatic carboxylic acids is 1. The quantitative estimate of drug-likeness (QED) is 0.612. The summed E-state index contributed by atoms with van der Waals surface area (Å²) in [5, 5.41) is 11.6. The zero-order valence-electron chi connectivity index (χ0n) is 9.05. The molecular weight excluding hydrogens is 335 g/mol. The molecule has 0 aliphatic carbocycles. The van der Waals surface area contributed by atoms with Crippen LogP contribution in [0, 0.1) is 10.5 Å². The number of anilines is 1. The minimum absolute atomic E-state index is 0.120.